The minimum Gasteiger partial charge on any atom is -0.396 e. The quantitative estimate of drug-likeness (QED) is 0.782. The van der Waals surface area contributed by atoms with Crippen molar-refractivity contribution < 1.29 is 5.11 Å². The van der Waals surface area contributed by atoms with Crippen LogP contribution in [0.15, 0.2) is 28.0 Å². The predicted molar refractivity (Wildman–Crippen MR) is 65.4 cm³/mol. The Balaban J connectivity index is 2.82. The summed E-state index contributed by atoms with van der Waals surface area (Å²) in [7, 11) is 0. The molecule has 0 radical (unpaired) electrons. The standard InChI is InChI=1S/C11H16OS2/c1-13-10-6-5-9(4-3-7-12)11(8-10)14-2/h5-6,8,12H,3-4,7H2,1-2H3. The van der Waals surface area contributed by atoms with Crippen molar-refractivity contribution in [3.05, 3.63) is 23.8 Å². The van der Waals surface area contributed by atoms with Crippen molar-refractivity contribution in [3.8, 4) is 0 Å². The van der Waals surface area contributed by atoms with Crippen LogP contribution in [0.5, 0.6) is 0 Å². The molecule has 78 valence electrons. The first-order valence-corrected chi connectivity index (χ1v) is 7.08. The third kappa shape index (κ3) is 3.23. The monoisotopic (exact) mass is 228 g/mol. The number of benzene rings is 1. The zero-order valence-electron chi connectivity index (χ0n) is 8.62. The number of thioether (sulfide) groups is 2. The molecule has 1 nitrogen and oxygen atoms in total. The number of aryl methyl sites for hydroxylation is 1. The lowest BCUT2D eigenvalue weighted by atomic mass is 10.1. The molecule has 3 heteroatoms. The van der Waals surface area contributed by atoms with Gasteiger partial charge in [-0.1, -0.05) is 6.07 Å². The van der Waals surface area contributed by atoms with Crippen LogP contribution < -0.4 is 0 Å². The molecule has 0 heterocycles. The van der Waals surface area contributed by atoms with Gasteiger partial charge in [0.2, 0.25) is 0 Å². The van der Waals surface area contributed by atoms with Crippen LogP contribution in [0.3, 0.4) is 0 Å². The summed E-state index contributed by atoms with van der Waals surface area (Å²) in [5.41, 5.74) is 1.35. The third-order valence-corrected chi connectivity index (χ3v) is 3.64. The van der Waals surface area contributed by atoms with E-state index >= 15 is 0 Å². The Labute approximate surface area is 94.3 Å². The van der Waals surface area contributed by atoms with Gasteiger partial charge in [-0.2, -0.15) is 0 Å². The first-order valence-electron chi connectivity index (χ1n) is 4.63. The lowest BCUT2D eigenvalue weighted by Gasteiger charge is -2.08. The van der Waals surface area contributed by atoms with Crippen LogP contribution in [0.4, 0.5) is 0 Å². The molecule has 14 heavy (non-hydrogen) atoms. The zero-order valence-corrected chi connectivity index (χ0v) is 10.3. The molecule has 1 rings (SSSR count). The van der Waals surface area contributed by atoms with Gasteiger partial charge in [0, 0.05) is 16.4 Å². The van der Waals surface area contributed by atoms with E-state index in [4.69, 9.17) is 5.11 Å². The summed E-state index contributed by atoms with van der Waals surface area (Å²) in [5, 5.41) is 8.78. The van der Waals surface area contributed by atoms with Crippen molar-refractivity contribution in [1.29, 1.82) is 0 Å². The average molecular weight is 228 g/mol. The Bertz CT molecular complexity index is 287. The molecule has 1 aromatic rings. The first kappa shape index (κ1) is 12.0. The Morgan fingerprint density at radius 2 is 2.00 bits per heavy atom. The van der Waals surface area contributed by atoms with Crippen LogP contribution >= 0.6 is 23.5 Å². The number of rotatable bonds is 5. The molecule has 0 saturated heterocycles. The minimum absolute atomic E-state index is 0.276. The fraction of sp³-hybridized carbons (Fsp3) is 0.455. The van der Waals surface area contributed by atoms with E-state index in [1.807, 2.05) is 0 Å². The van der Waals surface area contributed by atoms with Crippen molar-refractivity contribution in [3.63, 3.8) is 0 Å². The molecule has 0 spiro atoms. The predicted octanol–water partition coefficient (Wildman–Crippen LogP) is 3.06. The van der Waals surface area contributed by atoms with Gasteiger partial charge >= 0.3 is 0 Å². The van der Waals surface area contributed by atoms with Crippen molar-refractivity contribution in [1.82, 2.24) is 0 Å². The fourth-order valence-corrected chi connectivity index (χ4v) is 2.52. The van der Waals surface area contributed by atoms with Gasteiger partial charge in [0.05, 0.1) is 0 Å². The first-order chi connectivity index (χ1) is 6.81. The second-order valence-electron chi connectivity index (χ2n) is 3.00. The maximum atomic E-state index is 8.78. The molecule has 0 aliphatic heterocycles. The van der Waals surface area contributed by atoms with Gasteiger partial charge in [0.25, 0.3) is 0 Å². The zero-order chi connectivity index (χ0) is 10.4. The molecule has 0 aliphatic carbocycles. The van der Waals surface area contributed by atoms with Gasteiger partial charge in [-0.05, 0) is 43.0 Å². The summed E-state index contributed by atoms with van der Waals surface area (Å²) in [5.74, 6) is 0. The van der Waals surface area contributed by atoms with Gasteiger partial charge < -0.3 is 5.11 Å². The molecule has 1 N–H and O–H groups in total. The molecule has 0 bridgehead atoms. The van der Waals surface area contributed by atoms with Crippen molar-refractivity contribution >= 4 is 23.5 Å². The van der Waals surface area contributed by atoms with E-state index in [9.17, 15) is 0 Å². The number of hydrogen-bond donors (Lipinski definition) is 1. The normalized spacial score (nSPS) is 10.5. The van der Waals surface area contributed by atoms with Crippen molar-refractivity contribution in [2.75, 3.05) is 19.1 Å². The highest BCUT2D eigenvalue weighted by Gasteiger charge is 2.02. The maximum absolute atomic E-state index is 8.78. The second-order valence-corrected chi connectivity index (χ2v) is 4.73. The van der Waals surface area contributed by atoms with Crippen LogP contribution in [-0.2, 0) is 6.42 Å². The van der Waals surface area contributed by atoms with Crippen LogP contribution in [0.1, 0.15) is 12.0 Å². The Kier molecular flexibility index (Phi) is 5.45. The van der Waals surface area contributed by atoms with Gasteiger partial charge in [0.15, 0.2) is 0 Å². The van der Waals surface area contributed by atoms with E-state index < -0.39 is 0 Å². The molecule has 0 saturated carbocycles. The molecular formula is C11H16OS2. The van der Waals surface area contributed by atoms with E-state index in [0.717, 1.165) is 12.8 Å². The van der Waals surface area contributed by atoms with E-state index in [2.05, 4.69) is 30.7 Å². The Hall–Kier alpha value is -0.120. The summed E-state index contributed by atoms with van der Waals surface area (Å²) < 4.78 is 0. The topological polar surface area (TPSA) is 20.2 Å². The molecule has 0 aromatic heterocycles. The Morgan fingerprint density at radius 3 is 2.57 bits per heavy atom. The highest BCUT2D eigenvalue weighted by atomic mass is 32.2. The van der Waals surface area contributed by atoms with Crippen molar-refractivity contribution in [2.24, 2.45) is 0 Å². The van der Waals surface area contributed by atoms with Crippen molar-refractivity contribution in [2.45, 2.75) is 22.6 Å². The highest BCUT2D eigenvalue weighted by Crippen LogP contribution is 2.26. The van der Waals surface area contributed by atoms with Crippen LogP contribution in [-0.4, -0.2) is 24.2 Å². The smallest absolute Gasteiger partial charge is 0.0434 e. The molecule has 1 aromatic carbocycles. The van der Waals surface area contributed by atoms with E-state index in [-0.39, 0.29) is 6.61 Å². The summed E-state index contributed by atoms with van der Waals surface area (Å²) in [6.45, 7) is 0.276. The number of aliphatic hydroxyl groups excluding tert-OH is 1. The molecule has 0 amide bonds. The van der Waals surface area contributed by atoms with Gasteiger partial charge in [0.1, 0.15) is 0 Å². The summed E-state index contributed by atoms with van der Waals surface area (Å²) >= 11 is 3.55. The molecule has 0 fully saturated rings. The lowest BCUT2D eigenvalue weighted by Crippen LogP contribution is -1.92. The average Bonchev–Trinajstić information content (AvgIpc) is 2.26. The van der Waals surface area contributed by atoms with Gasteiger partial charge in [-0.15, -0.1) is 23.5 Å². The fourth-order valence-electron chi connectivity index (χ4n) is 1.33. The third-order valence-electron chi connectivity index (χ3n) is 2.10. The van der Waals surface area contributed by atoms with Gasteiger partial charge in [-0.3, -0.25) is 0 Å². The van der Waals surface area contributed by atoms with Crippen LogP contribution in [0, 0.1) is 0 Å². The van der Waals surface area contributed by atoms with E-state index in [0.29, 0.717) is 0 Å². The van der Waals surface area contributed by atoms with E-state index in [1.165, 1.54) is 15.4 Å². The lowest BCUT2D eigenvalue weighted by molar-refractivity contribution is 0.288. The molecule has 0 atom stereocenters. The second kappa shape index (κ2) is 6.38. The minimum atomic E-state index is 0.276. The maximum Gasteiger partial charge on any atom is 0.0434 e. The van der Waals surface area contributed by atoms with Crippen LogP contribution in [0.25, 0.3) is 0 Å². The number of aliphatic hydroxyl groups is 1. The largest absolute Gasteiger partial charge is 0.396 e. The summed E-state index contributed by atoms with van der Waals surface area (Å²) in [6, 6.07) is 6.55. The summed E-state index contributed by atoms with van der Waals surface area (Å²) in [4.78, 5) is 2.65. The number of hydrogen-bond acceptors (Lipinski definition) is 3. The molecular weight excluding hydrogens is 212 g/mol. The van der Waals surface area contributed by atoms with Crippen LogP contribution in [0.2, 0.25) is 0 Å². The SMILES string of the molecule is CSc1ccc(CCCO)c(SC)c1. The molecule has 0 unspecified atom stereocenters. The summed E-state index contributed by atoms with van der Waals surface area (Å²) in [6.07, 6.45) is 6.02. The Morgan fingerprint density at radius 1 is 1.21 bits per heavy atom. The van der Waals surface area contributed by atoms with E-state index in [1.54, 1.807) is 23.5 Å². The van der Waals surface area contributed by atoms with Gasteiger partial charge in [-0.25, -0.2) is 0 Å². The highest BCUT2D eigenvalue weighted by molar-refractivity contribution is 7.99. The molecule has 0 aliphatic rings.